The van der Waals surface area contributed by atoms with E-state index >= 15 is 0 Å². The van der Waals surface area contributed by atoms with Crippen LogP contribution in [-0.2, 0) is 4.74 Å². The van der Waals surface area contributed by atoms with Gasteiger partial charge in [0, 0.05) is 46.4 Å². The second-order valence-electron chi connectivity index (χ2n) is 4.46. The van der Waals surface area contributed by atoms with Gasteiger partial charge in [-0.05, 0) is 7.05 Å². The van der Waals surface area contributed by atoms with Crippen molar-refractivity contribution in [3.05, 3.63) is 0 Å². The fourth-order valence-electron chi connectivity index (χ4n) is 2.06. The molecule has 0 aromatic heterocycles. The number of ether oxygens (including phenoxy) is 1. The molecule has 4 nitrogen and oxygen atoms in total. The van der Waals surface area contributed by atoms with Crippen molar-refractivity contribution < 1.29 is 4.74 Å². The molecule has 0 amide bonds. The van der Waals surface area contributed by atoms with E-state index in [-0.39, 0.29) is 0 Å². The van der Waals surface area contributed by atoms with Gasteiger partial charge in [-0.2, -0.15) is 0 Å². The molecule has 2 aliphatic heterocycles. The summed E-state index contributed by atoms with van der Waals surface area (Å²) in [6.07, 6.45) is 0.488. The van der Waals surface area contributed by atoms with Crippen LogP contribution in [0.3, 0.4) is 0 Å². The fraction of sp³-hybridized carbons (Fsp3) is 1.00. The van der Waals surface area contributed by atoms with E-state index in [0.29, 0.717) is 6.10 Å². The van der Waals surface area contributed by atoms with Crippen LogP contribution < -0.4 is 0 Å². The highest BCUT2D eigenvalue weighted by atomic mass is 16.5. The second-order valence-corrected chi connectivity index (χ2v) is 4.46. The lowest BCUT2D eigenvalue weighted by atomic mass is 10.2. The highest BCUT2D eigenvalue weighted by molar-refractivity contribution is 4.81. The van der Waals surface area contributed by atoms with Crippen molar-refractivity contribution in [2.24, 2.45) is 0 Å². The predicted molar refractivity (Wildman–Crippen MR) is 56.3 cm³/mol. The minimum absolute atomic E-state index is 0.488. The van der Waals surface area contributed by atoms with Crippen LogP contribution in [0.5, 0.6) is 0 Å². The average Bonchev–Trinajstić information content (AvgIpc) is 2.13. The molecule has 2 aliphatic rings. The van der Waals surface area contributed by atoms with Gasteiger partial charge in [0.05, 0.1) is 12.8 Å². The largest absolute Gasteiger partial charge is 0.379 e. The van der Waals surface area contributed by atoms with Gasteiger partial charge < -0.3 is 9.64 Å². The SMILES string of the molecule is COC1CN(CN2CCN(C)CC2)C1. The number of methoxy groups -OCH3 is 1. The van der Waals surface area contributed by atoms with Crippen molar-refractivity contribution in [2.45, 2.75) is 6.10 Å². The van der Waals surface area contributed by atoms with Gasteiger partial charge in [-0.3, -0.25) is 9.80 Å². The molecule has 0 spiro atoms. The lowest BCUT2D eigenvalue weighted by Crippen LogP contribution is -2.57. The van der Waals surface area contributed by atoms with Crippen LogP contribution in [-0.4, -0.2) is 80.9 Å². The number of hydrogen-bond acceptors (Lipinski definition) is 4. The molecule has 0 aliphatic carbocycles. The lowest BCUT2D eigenvalue weighted by molar-refractivity contribution is -0.0577. The molecule has 0 unspecified atom stereocenters. The molecule has 0 bridgehead atoms. The first-order valence-electron chi connectivity index (χ1n) is 5.44. The van der Waals surface area contributed by atoms with Gasteiger partial charge in [0.15, 0.2) is 0 Å². The molecule has 0 saturated carbocycles. The smallest absolute Gasteiger partial charge is 0.0825 e. The van der Waals surface area contributed by atoms with E-state index in [0.717, 1.165) is 19.8 Å². The first-order valence-corrected chi connectivity index (χ1v) is 5.44. The third kappa shape index (κ3) is 2.45. The van der Waals surface area contributed by atoms with Gasteiger partial charge in [-0.15, -0.1) is 0 Å². The van der Waals surface area contributed by atoms with Crippen LogP contribution in [0.15, 0.2) is 0 Å². The Labute approximate surface area is 86.4 Å². The van der Waals surface area contributed by atoms with E-state index in [1.54, 1.807) is 7.11 Å². The summed E-state index contributed by atoms with van der Waals surface area (Å²) in [5.74, 6) is 0. The lowest BCUT2D eigenvalue weighted by Gasteiger charge is -2.43. The molecule has 0 atom stereocenters. The first-order chi connectivity index (χ1) is 6.78. The molecule has 0 N–H and O–H groups in total. The van der Waals surface area contributed by atoms with Crippen LogP contribution in [0.25, 0.3) is 0 Å². The van der Waals surface area contributed by atoms with Gasteiger partial charge in [0.1, 0.15) is 0 Å². The summed E-state index contributed by atoms with van der Waals surface area (Å²) in [5, 5.41) is 0. The highest BCUT2D eigenvalue weighted by Crippen LogP contribution is 2.11. The molecule has 0 aromatic rings. The number of nitrogens with zero attached hydrogens (tertiary/aromatic N) is 3. The van der Waals surface area contributed by atoms with Gasteiger partial charge in [-0.25, -0.2) is 0 Å². The van der Waals surface area contributed by atoms with Crippen LogP contribution in [0, 0.1) is 0 Å². The Bertz CT molecular complexity index is 174. The Hall–Kier alpha value is -0.160. The van der Waals surface area contributed by atoms with Gasteiger partial charge in [-0.1, -0.05) is 0 Å². The summed E-state index contributed by atoms with van der Waals surface area (Å²) in [7, 11) is 4.00. The van der Waals surface area contributed by atoms with Gasteiger partial charge in [0.25, 0.3) is 0 Å². The minimum atomic E-state index is 0.488. The predicted octanol–water partition coefficient (Wildman–Crippen LogP) is -0.478. The van der Waals surface area contributed by atoms with Crippen LogP contribution in [0.2, 0.25) is 0 Å². The highest BCUT2D eigenvalue weighted by Gasteiger charge is 2.28. The summed E-state index contributed by atoms with van der Waals surface area (Å²) >= 11 is 0. The Kier molecular flexibility index (Phi) is 3.38. The van der Waals surface area contributed by atoms with E-state index < -0.39 is 0 Å². The maximum Gasteiger partial charge on any atom is 0.0825 e. The van der Waals surface area contributed by atoms with Crippen molar-refractivity contribution in [3.63, 3.8) is 0 Å². The number of likely N-dealkylation sites (tertiary alicyclic amines) is 1. The normalized spacial score (nSPS) is 27.9. The Morgan fingerprint density at radius 2 is 1.71 bits per heavy atom. The number of hydrogen-bond donors (Lipinski definition) is 0. The summed E-state index contributed by atoms with van der Waals surface area (Å²) < 4.78 is 5.25. The zero-order chi connectivity index (χ0) is 9.97. The van der Waals surface area contributed by atoms with E-state index in [4.69, 9.17) is 4.74 Å². The Morgan fingerprint density at radius 1 is 1.07 bits per heavy atom. The van der Waals surface area contributed by atoms with E-state index in [9.17, 15) is 0 Å². The summed E-state index contributed by atoms with van der Waals surface area (Å²) in [6.45, 7) is 8.21. The fourth-order valence-corrected chi connectivity index (χ4v) is 2.06. The van der Waals surface area contributed by atoms with Crippen LogP contribution in [0.4, 0.5) is 0 Å². The summed E-state index contributed by atoms with van der Waals surface area (Å²) in [6, 6.07) is 0. The maximum atomic E-state index is 5.25. The third-order valence-electron chi connectivity index (χ3n) is 3.25. The molecule has 4 heteroatoms. The second kappa shape index (κ2) is 4.57. The molecule has 2 saturated heterocycles. The number of likely N-dealkylation sites (N-methyl/N-ethyl adjacent to an activating group) is 1. The van der Waals surface area contributed by atoms with Crippen molar-refractivity contribution in [2.75, 3.05) is 60.1 Å². The quantitative estimate of drug-likeness (QED) is 0.611. The molecule has 82 valence electrons. The van der Waals surface area contributed by atoms with E-state index in [2.05, 4.69) is 21.7 Å². The van der Waals surface area contributed by atoms with Crippen molar-refractivity contribution in [1.29, 1.82) is 0 Å². The minimum Gasteiger partial charge on any atom is -0.379 e. The van der Waals surface area contributed by atoms with Crippen molar-refractivity contribution in [1.82, 2.24) is 14.7 Å². The zero-order valence-corrected chi connectivity index (χ0v) is 9.28. The zero-order valence-electron chi connectivity index (χ0n) is 9.28. The molecule has 14 heavy (non-hydrogen) atoms. The number of piperazine rings is 1. The molecule has 0 radical (unpaired) electrons. The molecular formula is C10H21N3O. The standard InChI is InChI=1S/C10H21N3O/c1-11-3-5-12(6-4-11)9-13-7-10(8-13)14-2/h10H,3-9H2,1-2H3. The molecule has 2 heterocycles. The van der Waals surface area contributed by atoms with E-state index in [1.807, 2.05) is 0 Å². The summed E-state index contributed by atoms with van der Waals surface area (Å²) in [5.41, 5.74) is 0. The van der Waals surface area contributed by atoms with Gasteiger partial charge in [0.2, 0.25) is 0 Å². The van der Waals surface area contributed by atoms with Crippen molar-refractivity contribution >= 4 is 0 Å². The molecule has 2 rings (SSSR count). The number of rotatable bonds is 3. The third-order valence-corrected chi connectivity index (χ3v) is 3.25. The monoisotopic (exact) mass is 199 g/mol. The Balaban J connectivity index is 1.62. The van der Waals surface area contributed by atoms with Crippen LogP contribution >= 0.6 is 0 Å². The molecule has 0 aromatic carbocycles. The first kappa shape index (κ1) is 10.4. The molecule has 2 fully saturated rings. The van der Waals surface area contributed by atoms with Crippen molar-refractivity contribution in [3.8, 4) is 0 Å². The van der Waals surface area contributed by atoms with Gasteiger partial charge >= 0.3 is 0 Å². The van der Waals surface area contributed by atoms with E-state index in [1.165, 1.54) is 26.2 Å². The molecular weight excluding hydrogens is 178 g/mol. The average molecular weight is 199 g/mol. The maximum absolute atomic E-state index is 5.25. The Morgan fingerprint density at radius 3 is 2.29 bits per heavy atom. The topological polar surface area (TPSA) is 19.0 Å². The summed E-state index contributed by atoms with van der Waals surface area (Å²) in [4.78, 5) is 7.38. The van der Waals surface area contributed by atoms with Crippen LogP contribution in [0.1, 0.15) is 0 Å².